The van der Waals surface area contributed by atoms with Crippen LogP contribution in [0.25, 0.3) is 0 Å². The first-order valence-electron chi connectivity index (χ1n) is 5.97. The van der Waals surface area contributed by atoms with Crippen LogP contribution in [0.15, 0.2) is 21.1 Å². The summed E-state index contributed by atoms with van der Waals surface area (Å²) < 4.78 is 40.9. The fourth-order valence-corrected chi connectivity index (χ4v) is 4.54. The number of rotatable bonds is 4. The number of amides is 1. The molecule has 1 fully saturated rings. The zero-order valence-electron chi connectivity index (χ0n) is 11.0. The highest BCUT2D eigenvalue weighted by Gasteiger charge is 2.35. The van der Waals surface area contributed by atoms with Gasteiger partial charge in [-0.2, -0.15) is 8.42 Å². The van der Waals surface area contributed by atoms with Crippen LogP contribution in [0.3, 0.4) is 0 Å². The Bertz CT molecular complexity index is 680. The normalized spacial score (nSPS) is 19.1. The summed E-state index contributed by atoms with van der Waals surface area (Å²) in [6.45, 7) is 0.137. The first-order chi connectivity index (χ1) is 9.71. The number of ether oxygens (including phenoxy) is 1. The lowest BCUT2D eigenvalue weighted by Crippen LogP contribution is -2.26. The molecule has 0 N–H and O–H groups in total. The molecule has 1 unspecified atom stereocenters. The fourth-order valence-electron chi connectivity index (χ4n) is 2.35. The summed E-state index contributed by atoms with van der Waals surface area (Å²) in [7, 11) is -3.12. The van der Waals surface area contributed by atoms with Crippen molar-refractivity contribution in [2.24, 2.45) is 5.92 Å². The van der Waals surface area contributed by atoms with Crippen LogP contribution in [-0.2, 0) is 15.0 Å². The van der Waals surface area contributed by atoms with Crippen molar-refractivity contribution in [3.63, 3.8) is 0 Å². The molecule has 0 aliphatic carbocycles. The van der Waals surface area contributed by atoms with Gasteiger partial charge in [0.05, 0.1) is 12.9 Å². The fraction of sp³-hybridized carbons (Fsp3) is 0.417. The van der Waals surface area contributed by atoms with Crippen LogP contribution in [0.2, 0.25) is 0 Å². The van der Waals surface area contributed by atoms with Crippen molar-refractivity contribution in [3.8, 4) is 5.75 Å². The number of anilines is 1. The molecule has 0 aromatic heterocycles. The molecule has 116 valence electrons. The van der Waals surface area contributed by atoms with E-state index in [-0.39, 0.29) is 18.9 Å². The second kappa shape index (κ2) is 6.21. The molecule has 1 saturated heterocycles. The summed E-state index contributed by atoms with van der Waals surface area (Å²) >= 11 is 6.68. The number of hydrogen-bond donors (Lipinski definition) is 0. The first kappa shape index (κ1) is 16.7. The third-order valence-corrected chi connectivity index (χ3v) is 5.05. The minimum atomic E-state index is -4.60. The van der Waals surface area contributed by atoms with E-state index in [0.29, 0.717) is 15.9 Å². The van der Waals surface area contributed by atoms with Crippen molar-refractivity contribution in [1.29, 1.82) is 0 Å². The topological polar surface area (TPSA) is 63.7 Å². The van der Waals surface area contributed by atoms with E-state index in [1.165, 1.54) is 12.0 Å². The van der Waals surface area contributed by atoms with Gasteiger partial charge in [-0.05, 0) is 28.1 Å². The van der Waals surface area contributed by atoms with Crippen molar-refractivity contribution in [3.05, 3.63) is 21.1 Å². The smallest absolute Gasteiger partial charge is 0.302 e. The Labute approximate surface area is 138 Å². The Morgan fingerprint density at radius 2 is 2.10 bits per heavy atom. The Hall–Kier alpha value is -0.670. The van der Waals surface area contributed by atoms with Gasteiger partial charge in [0.15, 0.2) is 0 Å². The number of hydrogen-bond acceptors (Lipinski definition) is 4. The molecule has 2 rings (SSSR count). The van der Waals surface area contributed by atoms with Crippen molar-refractivity contribution < 1.29 is 21.8 Å². The molecular weight excluding hydrogens is 433 g/mol. The number of benzene rings is 1. The van der Waals surface area contributed by atoms with Gasteiger partial charge < -0.3 is 9.64 Å². The molecule has 0 spiro atoms. The van der Waals surface area contributed by atoms with E-state index in [4.69, 9.17) is 4.74 Å². The molecule has 1 atom stereocenters. The van der Waals surface area contributed by atoms with E-state index >= 15 is 0 Å². The number of methoxy groups -OCH3 is 1. The number of nitrogens with zero attached hydrogens (tertiary/aromatic N) is 1. The molecule has 1 aromatic rings. The Morgan fingerprint density at radius 1 is 1.43 bits per heavy atom. The highest BCUT2D eigenvalue weighted by molar-refractivity contribution is 9.11. The molecule has 1 aliphatic heterocycles. The molecule has 1 aromatic carbocycles. The third kappa shape index (κ3) is 3.95. The van der Waals surface area contributed by atoms with Crippen LogP contribution in [0.4, 0.5) is 9.57 Å². The molecule has 1 amide bonds. The lowest BCUT2D eigenvalue weighted by molar-refractivity contribution is -0.117. The largest absolute Gasteiger partial charge is 0.494 e. The van der Waals surface area contributed by atoms with Gasteiger partial charge in [-0.25, -0.2) is 0 Å². The number of halogens is 3. The van der Waals surface area contributed by atoms with Crippen LogP contribution in [-0.4, -0.2) is 33.7 Å². The SMILES string of the molecule is COc1cc(Br)cc(Br)c1N1CC(CS(=O)(=O)F)CC1=O. The minimum Gasteiger partial charge on any atom is -0.494 e. The second-order valence-corrected chi connectivity index (χ2v) is 7.90. The maximum absolute atomic E-state index is 12.8. The highest BCUT2D eigenvalue weighted by atomic mass is 79.9. The summed E-state index contributed by atoms with van der Waals surface area (Å²) in [6.07, 6.45) is -0.00515. The number of carbonyl (C=O) groups excluding carboxylic acids is 1. The average molecular weight is 445 g/mol. The molecule has 0 bridgehead atoms. The predicted octanol–water partition coefficient (Wildman–Crippen LogP) is 2.87. The average Bonchev–Trinajstić information content (AvgIpc) is 2.66. The quantitative estimate of drug-likeness (QED) is 0.670. The summed E-state index contributed by atoms with van der Waals surface area (Å²) in [6, 6.07) is 3.46. The zero-order valence-corrected chi connectivity index (χ0v) is 15.0. The minimum absolute atomic E-state index is 0.00515. The van der Waals surface area contributed by atoms with Gasteiger partial charge in [-0.1, -0.05) is 15.9 Å². The molecule has 1 heterocycles. The second-order valence-electron chi connectivity index (χ2n) is 4.72. The van der Waals surface area contributed by atoms with E-state index in [9.17, 15) is 17.1 Å². The van der Waals surface area contributed by atoms with E-state index < -0.39 is 21.9 Å². The van der Waals surface area contributed by atoms with E-state index in [2.05, 4.69) is 31.9 Å². The molecule has 9 heteroatoms. The molecule has 5 nitrogen and oxygen atoms in total. The monoisotopic (exact) mass is 443 g/mol. The molecule has 0 saturated carbocycles. The van der Waals surface area contributed by atoms with E-state index in [0.717, 1.165) is 4.47 Å². The van der Waals surface area contributed by atoms with Crippen molar-refractivity contribution in [1.82, 2.24) is 0 Å². The summed E-state index contributed by atoms with van der Waals surface area (Å²) in [5.41, 5.74) is 0.518. The van der Waals surface area contributed by atoms with Crippen LogP contribution >= 0.6 is 31.9 Å². The Kier molecular flexibility index (Phi) is 4.94. The summed E-state index contributed by atoms with van der Waals surface area (Å²) in [5.74, 6) is -1.00. The van der Waals surface area contributed by atoms with Crippen LogP contribution in [0.5, 0.6) is 5.75 Å². The zero-order chi connectivity index (χ0) is 15.8. The predicted molar refractivity (Wildman–Crippen MR) is 83.7 cm³/mol. The first-order valence-corrected chi connectivity index (χ1v) is 9.11. The van der Waals surface area contributed by atoms with E-state index in [1.54, 1.807) is 12.1 Å². The number of carbonyl (C=O) groups is 1. The van der Waals surface area contributed by atoms with Gasteiger partial charge in [0.2, 0.25) is 5.91 Å². The lowest BCUT2D eigenvalue weighted by Gasteiger charge is -2.21. The van der Waals surface area contributed by atoms with Crippen LogP contribution in [0, 0.1) is 5.92 Å². The van der Waals surface area contributed by atoms with Crippen molar-refractivity contribution >= 4 is 53.7 Å². The Morgan fingerprint density at radius 3 is 2.67 bits per heavy atom. The molecule has 0 radical (unpaired) electrons. The van der Waals surface area contributed by atoms with Crippen LogP contribution < -0.4 is 9.64 Å². The highest BCUT2D eigenvalue weighted by Crippen LogP contribution is 2.41. The standard InChI is InChI=1S/C12H12Br2FNO4S/c1-20-10-4-8(13)3-9(14)12(10)16-5-7(2-11(16)17)6-21(15,18)19/h3-4,7H,2,5-6H2,1H3. The maximum atomic E-state index is 12.8. The molecular formula is C12H12Br2FNO4S. The van der Waals surface area contributed by atoms with Gasteiger partial charge in [-0.15, -0.1) is 3.89 Å². The van der Waals surface area contributed by atoms with Gasteiger partial charge in [0.1, 0.15) is 11.4 Å². The van der Waals surface area contributed by atoms with Gasteiger partial charge >= 0.3 is 10.2 Å². The van der Waals surface area contributed by atoms with E-state index in [1.807, 2.05) is 0 Å². The summed E-state index contributed by atoms with van der Waals surface area (Å²) in [4.78, 5) is 13.5. The molecule has 21 heavy (non-hydrogen) atoms. The van der Waals surface area contributed by atoms with Gasteiger partial charge in [0.25, 0.3) is 0 Å². The third-order valence-electron chi connectivity index (χ3n) is 3.12. The summed E-state index contributed by atoms with van der Waals surface area (Å²) in [5, 5.41) is 0. The van der Waals surface area contributed by atoms with Crippen LogP contribution in [0.1, 0.15) is 6.42 Å². The van der Waals surface area contributed by atoms with Crippen molar-refractivity contribution in [2.45, 2.75) is 6.42 Å². The van der Waals surface area contributed by atoms with Gasteiger partial charge in [-0.3, -0.25) is 4.79 Å². The maximum Gasteiger partial charge on any atom is 0.302 e. The van der Waals surface area contributed by atoms with Crippen molar-refractivity contribution in [2.75, 3.05) is 24.3 Å². The van der Waals surface area contributed by atoms with Gasteiger partial charge in [0, 0.05) is 27.8 Å². The molecule has 1 aliphatic rings. The Balaban J connectivity index is 2.33. The lowest BCUT2D eigenvalue weighted by atomic mass is 10.1.